The van der Waals surface area contributed by atoms with Gasteiger partial charge in [0.1, 0.15) is 11.8 Å². The van der Waals surface area contributed by atoms with Gasteiger partial charge in [-0.2, -0.15) is 0 Å². The molecule has 1 amide bonds. The molecule has 5 rings (SSSR count). The van der Waals surface area contributed by atoms with E-state index < -0.39 is 24.4 Å². The molecular weight excluding hydrogens is 499 g/mol. The predicted octanol–water partition coefficient (Wildman–Crippen LogP) is 6.60. The predicted molar refractivity (Wildman–Crippen MR) is 151 cm³/mol. The number of nitrogens with zero attached hydrogens (tertiary/aromatic N) is 1. The molecule has 1 saturated heterocycles. The molecule has 196 valence electrons. The lowest BCUT2D eigenvalue weighted by Crippen LogP contribution is -2.41. The minimum absolute atomic E-state index is 0.00551. The first-order valence-corrected chi connectivity index (χ1v) is 13.2. The highest BCUT2D eigenvalue weighted by atomic mass is 35.5. The number of hydrogen-bond acceptors (Lipinski definition) is 5. The molecule has 0 spiro atoms. The summed E-state index contributed by atoms with van der Waals surface area (Å²) < 4.78 is 18.3. The number of fused-ring (bicyclic) bond motifs is 3. The monoisotopic (exact) mass is 530 g/mol. The summed E-state index contributed by atoms with van der Waals surface area (Å²) in [5.74, 6) is -0.00551. The van der Waals surface area contributed by atoms with E-state index in [1.807, 2.05) is 71.0 Å². The van der Waals surface area contributed by atoms with E-state index in [1.54, 1.807) is 6.07 Å². The van der Waals surface area contributed by atoms with E-state index in [0.717, 1.165) is 16.7 Å². The number of nitrogens with one attached hydrogen (secondary N) is 1. The Labute approximate surface area is 229 Å². The second kappa shape index (κ2) is 10.2. The number of ether oxygens (including phenoxy) is 1. The number of halogens is 1. The second-order valence-corrected chi connectivity index (χ2v) is 11.2. The first-order chi connectivity index (χ1) is 18.1. The Bertz CT molecular complexity index is 1340. The highest BCUT2D eigenvalue weighted by Gasteiger charge is 2.52. The first kappa shape index (κ1) is 26.5. The Morgan fingerprint density at radius 2 is 1.58 bits per heavy atom. The number of hydrogen-bond donors (Lipinski definition) is 1. The Hall–Kier alpha value is -3.13. The van der Waals surface area contributed by atoms with Crippen LogP contribution >= 0.6 is 11.6 Å². The normalized spacial score (nSPS) is 17.7. The Kier molecular flexibility index (Phi) is 7.12. The fraction of sp³-hybridized carbons (Fsp3) is 0.333. The van der Waals surface area contributed by atoms with Crippen molar-refractivity contribution >= 4 is 30.9 Å². The molecule has 1 N–H and O–H groups in total. The number of amides is 1. The molecule has 8 heteroatoms. The minimum Gasteiger partial charge on any atom is -0.449 e. The molecule has 0 saturated carbocycles. The van der Waals surface area contributed by atoms with E-state index in [0.29, 0.717) is 5.15 Å². The molecule has 1 aliphatic heterocycles. The third-order valence-electron chi connectivity index (χ3n) is 7.77. The number of carbonyl (C=O) groups is 1. The Balaban J connectivity index is 1.31. The van der Waals surface area contributed by atoms with Gasteiger partial charge < -0.3 is 19.4 Å². The third kappa shape index (κ3) is 5.11. The molecule has 1 aromatic heterocycles. The van der Waals surface area contributed by atoms with Gasteiger partial charge in [-0.25, -0.2) is 9.78 Å². The van der Waals surface area contributed by atoms with Gasteiger partial charge in [-0.15, -0.1) is 0 Å². The lowest BCUT2D eigenvalue weighted by Gasteiger charge is -2.32. The molecule has 1 fully saturated rings. The average Bonchev–Trinajstić information content (AvgIpc) is 3.30. The van der Waals surface area contributed by atoms with Crippen LogP contribution in [0.5, 0.6) is 0 Å². The van der Waals surface area contributed by atoms with Gasteiger partial charge in [0.2, 0.25) is 0 Å². The summed E-state index contributed by atoms with van der Waals surface area (Å²) in [6, 6.07) is 20.2. The Morgan fingerprint density at radius 3 is 2.16 bits per heavy atom. The van der Waals surface area contributed by atoms with Crippen molar-refractivity contribution < 1.29 is 18.8 Å². The topological polar surface area (TPSA) is 69.7 Å². The van der Waals surface area contributed by atoms with E-state index in [1.165, 1.54) is 22.3 Å². The minimum atomic E-state index is -0.635. The molecule has 0 atom stereocenters. The molecule has 2 heterocycles. The highest BCUT2D eigenvalue weighted by molar-refractivity contribution is 6.56. The molecule has 2 aromatic carbocycles. The summed E-state index contributed by atoms with van der Waals surface area (Å²) >= 11 is 6.06. The number of pyridine rings is 1. The van der Waals surface area contributed by atoms with Crippen molar-refractivity contribution in [2.24, 2.45) is 0 Å². The van der Waals surface area contributed by atoms with E-state index in [2.05, 4.69) is 34.6 Å². The lowest BCUT2D eigenvalue weighted by atomic mass is 9.77. The number of alkyl carbamates (subject to hydrolysis) is 1. The van der Waals surface area contributed by atoms with Crippen LogP contribution in [0.15, 0.2) is 66.1 Å². The average molecular weight is 531 g/mol. The van der Waals surface area contributed by atoms with Crippen LogP contribution in [0.2, 0.25) is 5.15 Å². The fourth-order valence-electron chi connectivity index (χ4n) is 4.91. The first-order valence-electron chi connectivity index (χ1n) is 12.8. The van der Waals surface area contributed by atoms with Crippen LogP contribution < -0.4 is 5.32 Å². The van der Waals surface area contributed by atoms with E-state index in [4.69, 9.17) is 25.6 Å². The summed E-state index contributed by atoms with van der Waals surface area (Å²) in [5.41, 5.74) is 6.08. The van der Waals surface area contributed by atoms with Crippen molar-refractivity contribution in [2.75, 3.05) is 13.2 Å². The summed E-state index contributed by atoms with van der Waals surface area (Å²) in [6.45, 7) is 10.3. The van der Waals surface area contributed by atoms with Gasteiger partial charge in [-0.3, -0.25) is 0 Å². The van der Waals surface area contributed by atoms with E-state index in [-0.39, 0.29) is 19.1 Å². The van der Waals surface area contributed by atoms with Crippen molar-refractivity contribution in [3.63, 3.8) is 0 Å². The Morgan fingerprint density at radius 1 is 1.00 bits per heavy atom. The molecule has 0 unspecified atom stereocenters. The zero-order valence-electron chi connectivity index (χ0n) is 22.4. The summed E-state index contributed by atoms with van der Waals surface area (Å²) in [6.07, 6.45) is 1.44. The van der Waals surface area contributed by atoms with Crippen LogP contribution in [0.1, 0.15) is 56.0 Å². The number of benzene rings is 2. The van der Waals surface area contributed by atoms with Gasteiger partial charge in [0.05, 0.1) is 11.2 Å². The third-order valence-corrected chi connectivity index (χ3v) is 7.98. The standard InChI is InChI=1S/C30H32BClN2O4/c1-19-20(14-15-27(32)34-19)16-21(31-37-29(2,3)30(4,5)38-31)17-33-28(35)36-18-26-24-12-8-6-10-22(24)23-11-7-9-13-25(23)26/h6-16,26H,17-18H2,1-5H3,(H,33,35). The maximum atomic E-state index is 12.9. The molecule has 0 bridgehead atoms. The smallest absolute Gasteiger partial charge is 0.449 e. The summed E-state index contributed by atoms with van der Waals surface area (Å²) in [4.78, 5) is 17.2. The maximum absolute atomic E-state index is 12.9. The number of carbonyl (C=O) groups excluding carboxylic acids is 1. The van der Waals surface area contributed by atoms with Crippen LogP contribution in [-0.4, -0.2) is 42.5 Å². The summed E-state index contributed by atoms with van der Waals surface area (Å²) in [5, 5.41) is 3.33. The highest BCUT2D eigenvalue weighted by Crippen LogP contribution is 2.44. The van der Waals surface area contributed by atoms with Gasteiger partial charge in [0.15, 0.2) is 0 Å². The maximum Gasteiger partial charge on any atom is 0.492 e. The largest absolute Gasteiger partial charge is 0.492 e. The molecule has 3 aromatic rings. The zero-order valence-corrected chi connectivity index (χ0v) is 23.1. The van der Waals surface area contributed by atoms with Crippen molar-refractivity contribution in [3.8, 4) is 11.1 Å². The van der Waals surface area contributed by atoms with Gasteiger partial charge in [0, 0.05) is 18.2 Å². The van der Waals surface area contributed by atoms with E-state index >= 15 is 0 Å². The number of aromatic nitrogens is 1. The second-order valence-electron chi connectivity index (χ2n) is 10.8. The van der Waals surface area contributed by atoms with Gasteiger partial charge in [-0.1, -0.05) is 72.3 Å². The zero-order chi connectivity index (χ0) is 27.1. The summed E-state index contributed by atoms with van der Waals surface area (Å²) in [7, 11) is -0.635. The molecular formula is C30H32BClN2O4. The molecule has 6 nitrogen and oxygen atoms in total. The van der Waals surface area contributed by atoms with Crippen molar-refractivity contribution in [3.05, 3.63) is 93.7 Å². The quantitative estimate of drug-likeness (QED) is 0.287. The van der Waals surface area contributed by atoms with Crippen LogP contribution in [0.25, 0.3) is 17.2 Å². The van der Waals surface area contributed by atoms with Crippen LogP contribution in [0.3, 0.4) is 0 Å². The lowest BCUT2D eigenvalue weighted by molar-refractivity contribution is 0.00578. The SMILES string of the molecule is Cc1nc(Cl)ccc1C=C(CNC(=O)OCC1c2ccccc2-c2ccccc21)B1OC(C)(C)C(C)(C)O1. The molecule has 38 heavy (non-hydrogen) atoms. The van der Waals surface area contributed by atoms with Crippen molar-refractivity contribution in [1.82, 2.24) is 10.3 Å². The molecule has 2 aliphatic rings. The van der Waals surface area contributed by atoms with Crippen molar-refractivity contribution in [1.29, 1.82) is 0 Å². The van der Waals surface area contributed by atoms with Gasteiger partial charge >= 0.3 is 13.2 Å². The van der Waals surface area contributed by atoms with Crippen LogP contribution in [0.4, 0.5) is 4.79 Å². The molecule has 0 radical (unpaired) electrons. The van der Waals surface area contributed by atoms with E-state index in [9.17, 15) is 4.79 Å². The number of rotatable bonds is 6. The molecule has 1 aliphatic carbocycles. The van der Waals surface area contributed by atoms with Gasteiger partial charge in [-0.05, 0) is 74.0 Å². The van der Waals surface area contributed by atoms with Crippen molar-refractivity contribution in [2.45, 2.75) is 51.7 Å². The van der Waals surface area contributed by atoms with Crippen LogP contribution in [0, 0.1) is 6.92 Å². The number of aryl methyl sites for hydroxylation is 1. The van der Waals surface area contributed by atoms with Crippen LogP contribution in [-0.2, 0) is 14.0 Å². The van der Waals surface area contributed by atoms with Gasteiger partial charge in [0.25, 0.3) is 0 Å². The fourth-order valence-corrected chi connectivity index (χ4v) is 5.10.